The molecule has 1 amide bonds. The Balaban J connectivity index is 2.29. The maximum atomic E-state index is 12.0. The van der Waals surface area contributed by atoms with Gasteiger partial charge < -0.3 is 10.4 Å². The molecule has 6 nitrogen and oxygen atoms in total. The number of halogens is 1. The van der Waals surface area contributed by atoms with Crippen molar-refractivity contribution in [1.82, 2.24) is 0 Å². The molecule has 0 atom stereocenters. The van der Waals surface area contributed by atoms with Gasteiger partial charge in [-0.05, 0) is 36.4 Å². The summed E-state index contributed by atoms with van der Waals surface area (Å²) in [5.41, 5.74) is -0.0432. The molecule has 0 aliphatic heterocycles. The Bertz CT molecular complexity index is 671. The third kappa shape index (κ3) is 3.04. The number of phenols is 1. The van der Waals surface area contributed by atoms with Crippen LogP contribution >= 0.6 is 11.6 Å². The summed E-state index contributed by atoms with van der Waals surface area (Å²) in [5, 5.41) is 22.7. The zero-order valence-electron chi connectivity index (χ0n) is 10.0. The van der Waals surface area contributed by atoms with Crippen molar-refractivity contribution in [2.75, 3.05) is 5.32 Å². The van der Waals surface area contributed by atoms with E-state index in [2.05, 4.69) is 5.32 Å². The smallest absolute Gasteiger partial charge is 0.283 e. The third-order valence-electron chi connectivity index (χ3n) is 2.53. The third-order valence-corrected chi connectivity index (χ3v) is 2.76. The number of nitro groups is 1. The summed E-state index contributed by atoms with van der Waals surface area (Å²) in [5.74, 6) is -0.570. The van der Waals surface area contributed by atoms with Gasteiger partial charge in [-0.3, -0.25) is 14.9 Å². The van der Waals surface area contributed by atoms with Crippen LogP contribution < -0.4 is 5.32 Å². The molecule has 0 saturated heterocycles. The van der Waals surface area contributed by atoms with Crippen LogP contribution in [0.1, 0.15) is 10.4 Å². The molecule has 0 unspecified atom stereocenters. The number of nitro benzene ring substituents is 1. The van der Waals surface area contributed by atoms with E-state index in [1.165, 1.54) is 36.4 Å². The van der Waals surface area contributed by atoms with Gasteiger partial charge in [-0.1, -0.05) is 11.6 Å². The number of nitrogens with zero attached hydrogens (tertiary/aromatic N) is 1. The van der Waals surface area contributed by atoms with Crippen LogP contribution in [0.15, 0.2) is 42.5 Å². The summed E-state index contributed by atoms with van der Waals surface area (Å²) >= 11 is 5.68. The molecule has 0 saturated carbocycles. The molecule has 0 radical (unpaired) electrons. The van der Waals surface area contributed by atoms with Crippen molar-refractivity contribution in [3.8, 4) is 5.75 Å². The minimum Gasteiger partial charge on any atom is -0.508 e. The number of benzene rings is 2. The van der Waals surface area contributed by atoms with Crippen molar-refractivity contribution in [3.05, 3.63) is 63.2 Å². The van der Waals surface area contributed by atoms with Gasteiger partial charge in [0.15, 0.2) is 0 Å². The Morgan fingerprint density at radius 2 is 1.85 bits per heavy atom. The predicted octanol–water partition coefficient (Wildman–Crippen LogP) is 3.21. The van der Waals surface area contributed by atoms with Crippen LogP contribution in [0.3, 0.4) is 0 Å². The van der Waals surface area contributed by atoms with Crippen molar-refractivity contribution >= 4 is 28.9 Å². The molecule has 0 heterocycles. The number of carbonyl (C=O) groups is 1. The Morgan fingerprint density at radius 3 is 2.45 bits per heavy atom. The highest BCUT2D eigenvalue weighted by molar-refractivity contribution is 6.31. The number of hydrogen-bond donors (Lipinski definition) is 2. The number of nitrogens with one attached hydrogen (secondary N) is 1. The van der Waals surface area contributed by atoms with Crippen LogP contribution in [0, 0.1) is 10.1 Å². The number of rotatable bonds is 3. The fourth-order valence-electron chi connectivity index (χ4n) is 1.59. The van der Waals surface area contributed by atoms with E-state index >= 15 is 0 Å². The molecule has 2 rings (SSSR count). The summed E-state index contributed by atoms with van der Waals surface area (Å²) < 4.78 is 0. The molecule has 0 aromatic heterocycles. The standard InChI is InChI=1S/C13H9ClN2O4/c14-8-1-6-11(12(7-8)16(19)20)13(18)15-9-2-4-10(17)5-3-9/h1-7,17H,(H,15,18). The Hall–Kier alpha value is -2.60. The van der Waals surface area contributed by atoms with Crippen LogP contribution in [0.4, 0.5) is 11.4 Å². The van der Waals surface area contributed by atoms with Crippen LogP contribution in [0.2, 0.25) is 5.02 Å². The molecule has 0 aliphatic carbocycles. The van der Waals surface area contributed by atoms with Gasteiger partial charge in [0.2, 0.25) is 0 Å². The van der Waals surface area contributed by atoms with Crippen molar-refractivity contribution < 1.29 is 14.8 Å². The predicted molar refractivity (Wildman–Crippen MR) is 74.2 cm³/mol. The summed E-state index contributed by atoms with van der Waals surface area (Å²) in [6.07, 6.45) is 0. The minimum absolute atomic E-state index is 0.0560. The second-order valence-corrected chi connectivity index (χ2v) is 4.36. The topological polar surface area (TPSA) is 92.5 Å². The van der Waals surface area contributed by atoms with Crippen molar-refractivity contribution in [1.29, 1.82) is 0 Å². The van der Waals surface area contributed by atoms with Crippen molar-refractivity contribution in [2.45, 2.75) is 0 Å². The highest BCUT2D eigenvalue weighted by Crippen LogP contribution is 2.24. The van der Waals surface area contributed by atoms with Gasteiger partial charge in [0.05, 0.1) is 4.92 Å². The second-order valence-electron chi connectivity index (χ2n) is 3.92. The minimum atomic E-state index is -0.669. The van der Waals surface area contributed by atoms with Crippen LogP contribution in [0.25, 0.3) is 0 Å². The molecule has 2 N–H and O–H groups in total. The van der Waals surface area contributed by atoms with Gasteiger partial charge in [0.25, 0.3) is 11.6 Å². The van der Waals surface area contributed by atoms with E-state index in [1.54, 1.807) is 0 Å². The van der Waals surface area contributed by atoms with Crippen LogP contribution in [-0.2, 0) is 0 Å². The average Bonchev–Trinajstić information content (AvgIpc) is 2.41. The lowest BCUT2D eigenvalue weighted by atomic mass is 10.1. The number of aromatic hydroxyl groups is 1. The molecule has 2 aromatic carbocycles. The second kappa shape index (κ2) is 5.58. The largest absolute Gasteiger partial charge is 0.508 e. The maximum absolute atomic E-state index is 12.0. The van der Waals surface area contributed by atoms with E-state index in [9.17, 15) is 14.9 Å². The summed E-state index contributed by atoms with van der Waals surface area (Å²) in [6.45, 7) is 0. The summed E-state index contributed by atoms with van der Waals surface area (Å²) in [7, 11) is 0. The quantitative estimate of drug-likeness (QED) is 0.516. The van der Waals surface area contributed by atoms with Crippen molar-refractivity contribution in [2.24, 2.45) is 0 Å². The molecule has 20 heavy (non-hydrogen) atoms. The monoisotopic (exact) mass is 292 g/mol. The lowest BCUT2D eigenvalue weighted by Crippen LogP contribution is -2.13. The highest BCUT2D eigenvalue weighted by Gasteiger charge is 2.20. The normalized spacial score (nSPS) is 10.1. The van der Waals surface area contributed by atoms with Crippen LogP contribution in [0.5, 0.6) is 5.75 Å². The fraction of sp³-hybridized carbons (Fsp3) is 0. The number of phenolic OH excluding ortho intramolecular Hbond substituents is 1. The zero-order valence-corrected chi connectivity index (χ0v) is 10.8. The summed E-state index contributed by atoms with van der Waals surface area (Å²) in [6, 6.07) is 9.56. The van der Waals surface area contributed by atoms with Gasteiger partial charge in [0.1, 0.15) is 11.3 Å². The SMILES string of the molecule is O=C(Nc1ccc(O)cc1)c1ccc(Cl)cc1[N+](=O)[O-]. The molecule has 0 spiro atoms. The van der Waals surface area contributed by atoms with E-state index in [1.807, 2.05) is 0 Å². The molecule has 2 aromatic rings. The van der Waals surface area contributed by atoms with Gasteiger partial charge in [-0.15, -0.1) is 0 Å². The first kappa shape index (κ1) is 13.8. The highest BCUT2D eigenvalue weighted by atomic mass is 35.5. The lowest BCUT2D eigenvalue weighted by molar-refractivity contribution is -0.385. The molecule has 0 fully saturated rings. The molecule has 102 valence electrons. The Morgan fingerprint density at radius 1 is 1.20 bits per heavy atom. The van der Waals surface area contributed by atoms with E-state index < -0.39 is 10.8 Å². The Labute approximate surface area is 118 Å². The fourth-order valence-corrected chi connectivity index (χ4v) is 1.76. The van der Waals surface area contributed by atoms with Gasteiger partial charge >= 0.3 is 0 Å². The molecular formula is C13H9ClN2O4. The molecular weight excluding hydrogens is 284 g/mol. The lowest BCUT2D eigenvalue weighted by Gasteiger charge is -2.06. The van der Waals surface area contributed by atoms with Gasteiger partial charge in [-0.25, -0.2) is 0 Å². The molecule has 0 bridgehead atoms. The van der Waals surface area contributed by atoms with Crippen LogP contribution in [-0.4, -0.2) is 15.9 Å². The van der Waals surface area contributed by atoms with Gasteiger partial charge in [0, 0.05) is 16.8 Å². The number of anilines is 1. The van der Waals surface area contributed by atoms with E-state index in [4.69, 9.17) is 16.7 Å². The molecule has 0 aliphatic rings. The first-order valence-corrected chi connectivity index (χ1v) is 5.89. The number of hydrogen-bond acceptors (Lipinski definition) is 4. The van der Waals surface area contributed by atoms with Gasteiger partial charge in [-0.2, -0.15) is 0 Å². The van der Waals surface area contributed by atoms with E-state index in [0.29, 0.717) is 5.69 Å². The Kier molecular flexibility index (Phi) is 3.86. The average molecular weight is 293 g/mol. The van der Waals surface area contributed by atoms with Crippen molar-refractivity contribution in [3.63, 3.8) is 0 Å². The number of carbonyl (C=O) groups excluding carboxylic acids is 1. The first-order chi connectivity index (χ1) is 9.47. The van der Waals surface area contributed by atoms with E-state index in [0.717, 1.165) is 6.07 Å². The first-order valence-electron chi connectivity index (χ1n) is 5.51. The summed E-state index contributed by atoms with van der Waals surface area (Å²) in [4.78, 5) is 22.3. The molecule has 7 heteroatoms. The van der Waals surface area contributed by atoms with E-state index in [-0.39, 0.29) is 22.0 Å². The maximum Gasteiger partial charge on any atom is 0.283 e. The zero-order chi connectivity index (χ0) is 14.7. The number of amides is 1.